The second kappa shape index (κ2) is 4.31. The minimum Gasteiger partial charge on any atom is -0.214 e. The highest BCUT2D eigenvalue weighted by molar-refractivity contribution is 7.90. The Bertz CT molecular complexity index is 238. The van der Waals surface area contributed by atoms with E-state index >= 15 is 0 Å². The fourth-order valence-corrected chi connectivity index (χ4v) is 1.14. The molecule has 0 bridgehead atoms. The highest BCUT2D eigenvalue weighted by Crippen LogP contribution is 1.94. The van der Waals surface area contributed by atoms with E-state index in [9.17, 15) is 8.42 Å². The molecule has 64 valence electrons. The molecule has 0 radical (unpaired) electrons. The Balaban J connectivity index is 3.87. The van der Waals surface area contributed by atoms with Gasteiger partial charge in [-0.1, -0.05) is 0 Å². The summed E-state index contributed by atoms with van der Waals surface area (Å²) in [5, 5.41) is 7.69. The quantitative estimate of drug-likeness (QED) is 0.623. The molecule has 0 fully saturated rings. The zero-order valence-electron chi connectivity index (χ0n) is 6.66. The average molecular weight is 176 g/mol. The van der Waals surface area contributed by atoms with Crippen molar-refractivity contribution < 1.29 is 8.42 Å². The second-order valence-corrected chi connectivity index (χ2v) is 4.72. The van der Waals surface area contributed by atoms with Crippen molar-refractivity contribution in [2.45, 2.75) is 25.5 Å². The van der Waals surface area contributed by atoms with Crippen LogP contribution in [0, 0.1) is 11.3 Å². The molecule has 5 heteroatoms. The van der Waals surface area contributed by atoms with Gasteiger partial charge in [-0.05, 0) is 13.8 Å². The molecule has 0 atom stereocenters. The monoisotopic (exact) mass is 176 g/mol. The van der Waals surface area contributed by atoms with Crippen molar-refractivity contribution in [2.75, 3.05) is 6.54 Å². The van der Waals surface area contributed by atoms with Gasteiger partial charge in [-0.25, -0.2) is 13.1 Å². The summed E-state index contributed by atoms with van der Waals surface area (Å²) in [6, 6.07) is 1.85. The van der Waals surface area contributed by atoms with E-state index in [1.165, 1.54) is 0 Å². The molecule has 1 N–H and O–H groups in total. The summed E-state index contributed by atoms with van der Waals surface area (Å²) in [6.07, 6.45) is 0.214. The lowest BCUT2D eigenvalue weighted by Crippen LogP contribution is -2.31. The molecule has 0 rings (SSSR count). The van der Waals surface area contributed by atoms with Crippen LogP contribution in [0.4, 0.5) is 0 Å². The first kappa shape index (κ1) is 10.4. The molecule has 0 saturated carbocycles. The Morgan fingerprint density at radius 2 is 2.09 bits per heavy atom. The Morgan fingerprint density at radius 1 is 1.55 bits per heavy atom. The van der Waals surface area contributed by atoms with Gasteiger partial charge in [0.15, 0.2) is 0 Å². The van der Waals surface area contributed by atoms with E-state index in [-0.39, 0.29) is 13.0 Å². The molecule has 11 heavy (non-hydrogen) atoms. The van der Waals surface area contributed by atoms with Crippen LogP contribution in [0.2, 0.25) is 0 Å². The predicted octanol–water partition coefficient (Wildman–Crippen LogP) is 0.228. The molecule has 4 nitrogen and oxygen atoms in total. The molecule has 0 amide bonds. The average Bonchev–Trinajstić information content (AvgIpc) is 1.88. The highest BCUT2D eigenvalue weighted by Gasteiger charge is 2.13. The lowest BCUT2D eigenvalue weighted by Gasteiger charge is -2.06. The first-order valence-corrected chi connectivity index (χ1v) is 4.90. The van der Waals surface area contributed by atoms with Crippen molar-refractivity contribution in [3.05, 3.63) is 0 Å². The normalized spacial score (nSPS) is 11.5. The van der Waals surface area contributed by atoms with Crippen LogP contribution in [0.15, 0.2) is 0 Å². The Labute approximate surface area is 67.3 Å². The van der Waals surface area contributed by atoms with Gasteiger partial charge in [-0.3, -0.25) is 0 Å². The molecule has 0 aliphatic heterocycles. The third-order valence-corrected chi connectivity index (χ3v) is 3.01. The molecule has 0 aromatic carbocycles. The smallest absolute Gasteiger partial charge is 0.213 e. The van der Waals surface area contributed by atoms with Crippen LogP contribution in [-0.2, 0) is 10.0 Å². The van der Waals surface area contributed by atoms with E-state index in [2.05, 4.69) is 4.72 Å². The first-order chi connectivity index (χ1) is 5.00. The van der Waals surface area contributed by atoms with E-state index in [0.29, 0.717) is 0 Å². The van der Waals surface area contributed by atoms with Gasteiger partial charge in [0.25, 0.3) is 0 Å². The molecule has 0 saturated heterocycles. The molecule has 0 aromatic rings. The molecule has 0 aromatic heterocycles. The molecular formula is C6H12N2O2S. The molecule has 0 spiro atoms. The summed E-state index contributed by atoms with van der Waals surface area (Å²) in [7, 11) is -3.17. The van der Waals surface area contributed by atoms with Gasteiger partial charge in [-0.2, -0.15) is 5.26 Å². The molecular weight excluding hydrogens is 164 g/mol. The zero-order valence-corrected chi connectivity index (χ0v) is 7.48. The number of nitrogens with one attached hydrogen (secondary N) is 1. The summed E-state index contributed by atoms with van der Waals surface area (Å²) >= 11 is 0. The van der Waals surface area contributed by atoms with Crippen LogP contribution in [-0.4, -0.2) is 20.2 Å². The minimum atomic E-state index is -3.17. The van der Waals surface area contributed by atoms with Crippen molar-refractivity contribution in [1.82, 2.24) is 4.72 Å². The van der Waals surface area contributed by atoms with E-state index in [1.54, 1.807) is 13.8 Å². The summed E-state index contributed by atoms with van der Waals surface area (Å²) < 4.78 is 24.3. The molecule has 0 aliphatic rings. The molecule has 0 heterocycles. The summed E-state index contributed by atoms with van der Waals surface area (Å²) in [6.45, 7) is 3.39. The number of hydrogen-bond donors (Lipinski definition) is 1. The maximum absolute atomic E-state index is 11.0. The van der Waals surface area contributed by atoms with Crippen molar-refractivity contribution in [3.63, 3.8) is 0 Å². The van der Waals surface area contributed by atoms with Crippen molar-refractivity contribution in [1.29, 1.82) is 5.26 Å². The lowest BCUT2D eigenvalue weighted by atomic mass is 10.5. The SMILES string of the molecule is CC(C)S(=O)(=O)NCCC#N. The maximum Gasteiger partial charge on any atom is 0.213 e. The van der Waals surface area contributed by atoms with Crippen LogP contribution < -0.4 is 4.72 Å². The molecule has 0 unspecified atom stereocenters. The molecule has 0 aliphatic carbocycles. The Hall–Kier alpha value is -0.600. The van der Waals surface area contributed by atoms with Gasteiger partial charge in [0.2, 0.25) is 10.0 Å². The first-order valence-electron chi connectivity index (χ1n) is 3.36. The van der Waals surface area contributed by atoms with E-state index in [1.807, 2.05) is 6.07 Å². The van der Waals surface area contributed by atoms with Gasteiger partial charge in [-0.15, -0.1) is 0 Å². The fraction of sp³-hybridized carbons (Fsp3) is 0.833. The standard InChI is InChI=1S/C6H12N2O2S/c1-6(2)11(9,10)8-5-3-4-7/h6,8H,3,5H2,1-2H3. The maximum atomic E-state index is 11.0. The van der Waals surface area contributed by atoms with Crippen LogP contribution in [0.3, 0.4) is 0 Å². The van der Waals surface area contributed by atoms with Crippen LogP contribution >= 0.6 is 0 Å². The summed E-state index contributed by atoms with van der Waals surface area (Å²) in [5.74, 6) is 0. The summed E-state index contributed by atoms with van der Waals surface area (Å²) in [4.78, 5) is 0. The predicted molar refractivity (Wildman–Crippen MR) is 42.3 cm³/mol. The third-order valence-electron chi connectivity index (χ3n) is 1.16. The van der Waals surface area contributed by atoms with Crippen LogP contribution in [0.5, 0.6) is 0 Å². The van der Waals surface area contributed by atoms with Gasteiger partial charge in [0.05, 0.1) is 11.3 Å². The highest BCUT2D eigenvalue weighted by atomic mass is 32.2. The number of rotatable bonds is 4. The van der Waals surface area contributed by atoms with Gasteiger partial charge in [0, 0.05) is 13.0 Å². The van der Waals surface area contributed by atoms with E-state index < -0.39 is 15.3 Å². The number of nitriles is 1. The number of sulfonamides is 1. The minimum absolute atomic E-state index is 0.205. The number of hydrogen-bond acceptors (Lipinski definition) is 3. The topological polar surface area (TPSA) is 70.0 Å². The van der Waals surface area contributed by atoms with Gasteiger partial charge < -0.3 is 0 Å². The zero-order chi connectivity index (χ0) is 8.91. The van der Waals surface area contributed by atoms with Crippen LogP contribution in [0.1, 0.15) is 20.3 Å². The third kappa shape index (κ3) is 3.96. The Kier molecular flexibility index (Phi) is 4.08. The fourth-order valence-electron chi connectivity index (χ4n) is 0.416. The van der Waals surface area contributed by atoms with Gasteiger partial charge >= 0.3 is 0 Å². The summed E-state index contributed by atoms with van der Waals surface area (Å²) in [5.41, 5.74) is 0. The second-order valence-electron chi connectivity index (χ2n) is 2.40. The van der Waals surface area contributed by atoms with Crippen molar-refractivity contribution in [3.8, 4) is 6.07 Å². The van der Waals surface area contributed by atoms with E-state index in [4.69, 9.17) is 5.26 Å². The van der Waals surface area contributed by atoms with Crippen molar-refractivity contribution in [2.24, 2.45) is 0 Å². The Morgan fingerprint density at radius 3 is 2.45 bits per heavy atom. The van der Waals surface area contributed by atoms with E-state index in [0.717, 1.165) is 0 Å². The van der Waals surface area contributed by atoms with Crippen molar-refractivity contribution >= 4 is 10.0 Å². The lowest BCUT2D eigenvalue weighted by molar-refractivity contribution is 0.573. The van der Waals surface area contributed by atoms with Crippen LogP contribution in [0.25, 0.3) is 0 Å². The van der Waals surface area contributed by atoms with Gasteiger partial charge in [0.1, 0.15) is 0 Å². The largest absolute Gasteiger partial charge is 0.214 e. The number of nitrogens with zero attached hydrogens (tertiary/aromatic N) is 1.